The number of nitrogens with zero attached hydrogens (tertiary/aromatic N) is 4. The van der Waals surface area contributed by atoms with Gasteiger partial charge in [0.05, 0.1) is 6.20 Å². The van der Waals surface area contributed by atoms with Crippen molar-refractivity contribution in [2.24, 2.45) is 7.05 Å². The topological polar surface area (TPSA) is 101 Å². The van der Waals surface area contributed by atoms with E-state index < -0.39 is 6.04 Å². The predicted octanol–water partition coefficient (Wildman–Crippen LogP) is 1.41. The molecule has 3 rings (SSSR count). The minimum Gasteiger partial charge on any atom is -0.324 e. The van der Waals surface area contributed by atoms with Crippen molar-refractivity contribution >= 4 is 11.6 Å². The number of amides is 1. The van der Waals surface area contributed by atoms with E-state index in [4.69, 9.17) is 0 Å². The van der Waals surface area contributed by atoms with Crippen LogP contribution in [0.4, 0.5) is 5.69 Å². The van der Waals surface area contributed by atoms with Crippen molar-refractivity contribution in [3.63, 3.8) is 0 Å². The number of likely N-dealkylation sites (N-methyl/N-ethyl adjacent to an activating group) is 1. The lowest BCUT2D eigenvalue weighted by Gasteiger charge is -2.14. The number of carbonyl (C=O) groups is 1. The summed E-state index contributed by atoms with van der Waals surface area (Å²) in [7, 11) is 3.56. The molecule has 0 saturated carbocycles. The first-order valence-electron chi connectivity index (χ1n) is 7.53. The maximum absolute atomic E-state index is 12.5. The molecule has 0 aliphatic heterocycles. The van der Waals surface area contributed by atoms with Crippen LogP contribution in [0, 0.1) is 6.92 Å². The van der Waals surface area contributed by atoms with E-state index >= 15 is 0 Å². The van der Waals surface area contributed by atoms with Gasteiger partial charge in [0.2, 0.25) is 5.91 Å². The number of aromatic nitrogens is 5. The highest BCUT2D eigenvalue weighted by Crippen LogP contribution is 2.19. The highest BCUT2D eigenvalue weighted by molar-refractivity contribution is 5.95. The van der Waals surface area contributed by atoms with Gasteiger partial charge in [-0.1, -0.05) is 0 Å². The number of benzene rings is 1. The summed E-state index contributed by atoms with van der Waals surface area (Å²) in [6, 6.07) is 6.94. The summed E-state index contributed by atoms with van der Waals surface area (Å²) in [5, 5.41) is 16.9. The molecule has 0 spiro atoms. The van der Waals surface area contributed by atoms with Gasteiger partial charge >= 0.3 is 0 Å². The number of hydrogen-bond donors (Lipinski definition) is 3. The lowest BCUT2D eigenvalue weighted by molar-refractivity contribution is -0.118. The second-order valence-corrected chi connectivity index (χ2v) is 5.48. The number of anilines is 1. The van der Waals surface area contributed by atoms with Gasteiger partial charge < -0.3 is 10.6 Å². The molecule has 124 valence electrons. The van der Waals surface area contributed by atoms with E-state index in [0.717, 1.165) is 17.0 Å². The smallest absolute Gasteiger partial charge is 0.246 e. The standard InChI is InChI=1S/C16H19N7O/c1-10-19-15(22-21-10)11-4-6-13(7-5-11)20-16(24)14(17-2)12-8-18-23(3)9-12/h4-9,14,17H,1-3H3,(H,20,24)(H,19,21,22). The lowest BCUT2D eigenvalue weighted by Crippen LogP contribution is -2.30. The maximum Gasteiger partial charge on any atom is 0.246 e. The van der Waals surface area contributed by atoms with Crippen molar-refractivity contribution < 1.29 is 4.79 Å². The normalized spacial score (nSPS) is 12.1. The van der Waals surface area contributed by atoms with E-state index in [1.807, 2.05) is 44.4 Å². The third-order valence-corrected chi connectivity index (χ3v) is 3.62. The molecule has 0 radical (unpaired) electrons. The average Bonchev–Trinajstić information content (AvgIpc) is 3.18. The molecule has 2 heterocycles. The first-order valence-corrected chi connectivity index (χ1v) is 7.53. The molecular formula is C16H19N7O. The molecule has 3 N–H and O–H groups in total. The van der Waals surface area contributed by atoms with Crippen LogP contribution in [0.1, 0.15) is 17.4 Å². The van der Waals surface area contributed by atoms with Crippen LogP contribution in [0.2, 0.25) is 0 Å². The van der Waals surface area contributed by atoms with Gasteiger partial charge in [-0.05, 0) is 38.2 Å². The molecule has 0 saturated heterocycles. The molecule has 3 aromatic rings. The van der Waals surface area contributed by atoms with E-state index in [9.17, 15) is 4.79 Å². The largest absolute Gasteiger partial charge is 0.324 e. The van der Waals surface area contributed by atoms with Gasteiger partial charge in [0.25, 0.3) is 0 Å². The summed E-state index contributed by atoms with van der Waals surface area (Å²) < 4.78 is 1.67. The second kappa shape index (κ2) is 6.63. The zero-order chi connectivity index (χ0) is 17.1. The molecule has 1 aromatic carbocycles. The third-order valence-electron chi connectivity index (χ3n) is 3.62. The highest BCUT2D eigenvalue weighted by Gasteiger charge is 2.20. The monoisotopic (exact) mass is 325 g/mol. The van der Waals surface area contributed by atoms with Crippen LogP contribution in [-0.2, 0) is 11.8 Å². The first kappa shape index (κ1) is 15.9. The van der Waals surface area contributed by atoms with Crippen molar-refractivity contribution in [3.8, 4) is 11.4 Å². The fourth-order valence-corrected chi connectivity index (χ4v) is 2.43. The fourth-order valence-electron chi connectivity index (χ4n) is 2.43. The Morgan fingerprint density at radius 2 is 2.04 bits per heavy atom. The first-order chi connectivity index (χ1) is 11.6. The van der Waals surface area contributed by atoms with Crippen molar-refractivity contribution in [3.05, 3.63) is 48.0 Å². The third kappa shape index (κ3) is 3.33. The van der Waals surface area contributed by atoms with Gasteiger partial charge in [-0.25, -0.2) is 4.98 Å². The Balaban J connectivity index is 1.72. The number of hydrogen-bond acceptors (Lipinski definition) is 5. The van der Waals surface area contributed by atoms with Crippen molar-refractivity contribution in [2.45, 2.75) is 13.0 Å². The summed E-state index contributed by atoms with van der Waals surface area (Å²) in [6.07, 6.45) is 3.49. The Kier molecular flexibility index (Phi) is 4.39. The van der Waals surface area contributed by atoms with E-state index in [1.165, 1.54) is 0 Å². The minimum absolute atomic E-state index is 0.146. The Hall–Kier alpha value is -3.00. The molecule has 0 aliphatic carbocycles. The quantitative estimate of drug-likeness (QED) is 0.658. The van der Waals surface area contributed by atoms with Crippen LogP contribution in [0.15, 0.2) is 36.7 Å². The van der Waals surface area contributed by atoms with Crippen LogP contribution in [0.5, 0.6) is 0 Å². The van der Waals surface area contributed by atoms with Crippen LogP contribution in [0.3, 0.4) is 0 Å². The molecule has 2 aromatic heterocycles. The highest BCUT2D eigenvalue weighted by atomic mass is 16.2. The Morgan fingerprint density at radius 1 is 1.29 bits per heavy atom. The molecule has 0 fully saturated rings. The van der Waals surface area contributed by atoms with E-state index in [-0.39, 0.29) is 5.91 Å². The van der Waals surface area contributed by atoms with Crippen LogP contribution >= 0.6 is 0 Å². The summed E-state index contributed by atoms with van der Waals surface area (Å²) in [5.41, 5.74) is 2.40. The number of aryl methyl sites for hydroxylation is 2. The zero-order valence-corrected chi connectivity index (χ0v) is 13.7. The van der Waals surface area contributed by atoms with Crippen molar-refractivity contribution in [2.75, 3.05) is 12.4 Å². The van der Waals surface area contributed by atoms with Gasteiger partial charge in [-0.15, -0.1) is 0 Å². The number of nitrogens with one attached hydrogen (secondary N) is 3. The van der Waals surface area contributed by atoms with Gasteiger partial charge in [0.15, 0.2) is 5.82 Å². The minimum atomic E-state index is -0.464. The Bertz CT molecular complexity index is 834. The number of rotatable bonds is 5. The van der Waals surface area contributed by atoms with Crippen LogP contribution < -0.4 is 10.6 Å². The summed E-state index contributed by atoms with van der Waals surface area (Å²) in [4.78, 5) is 16.8. The molecule has 24 heavy (non-hydrogen) atoms. The predicted molar refractivity (Wildman–Crippen MR) is 90.2 cm³/mol. The summed E-state index contributed by atoms with van der Waals surface area (Å²) in [6.45, 7) is 1.85. The number of aromatic amines is 1. The molecule has 8 nitrogen and oxygen atoms in total. The van der Waals surface area contributed by atoms with E-state index in [0.29, 0.717) is 11.5 Å². The number of H-pyrrole nitrogens is 1. The van der Waals surface area contributed by atoms with Gasteiger partial charge in [-0.3, -0.25) is 14.6 Å². The molecule has 0 bridgehead atoms. The van der Waals surface area contributed by atoms with Crippen LogP contribution in [0.25, 0.3) is 11.4 Å². The molecule has 1 unspecified atom stereocenters. The average molecular weight is 325 g/mol. The van der Waals surface area contributed by atoms with Crippen LogP contribution in [-0.4, -0.2) is 37.9 Å². The van der Waals surface area contributed by atoms with Gasteiger partial charge in [-0.2, -0.15) is 10.2 Å². The molecular weight excluding hydrogens is 306 g/mol. The fraction of sp³-hybridized carbons (Fsp3) is 0.250. The Morgan fingerprint density at radius 3 is 2.58 bits per heavy atom. The van der Waals surface area contributed by atoms with Gasteiger partial charge in [0, 0.05) is 30.1 Å². The SMILES string of the molecule is CNC(C(=O)Nc1ccc(-c2n[nH]c(C)n2)cc1)c1cnn(C)c1. The maximum atomic E-state index is 12.5. The van der Waals surface area contributed by atoms with Gasteiger partial charge in [0.1, 0.15) is 11.9 Å². The van der Waals surface area contributed by atoms with E-state index in [2.05, 4.69) is 30.9 Å². The molecule has 1 atom stereocenters. The molecule has 8 heteroatoms. The number of carbonyl (C=O) groups excluding carboxylic acids is 1. The summed E-state index contributed by atoms with van der Waals surface area (Å²) in [5.74, 6) is 1.25. The zero-order valence-electron chi connectivity index (χ0n) is 13.7. The second-order valence-electron chi connectivity index (χ2n) is 5.48. The molecule has 0 aliphatic rings. The lowest BCUT2D eigenvalue weighted by atomic mass is 10.1. The van der Waals surface area contributed by atoms with E-state index in [1.54, 1.807) is 17.9 Å². The van der Waals surface area contributed by atoms with Crippen molar-refractivity contribution in [1.82, 2.24) is 30.3 Å². The Labute approximate surface area is 139 Å². The van der Waals surface area contributed by atoms with Crippen molar-refractivity contribution in [1.29, 1.82) is 0 Å². The summed E-state index contributed by atoms with van der Waals surface area (Å²) >= 11 is 0. The molecule has 1 amide bonds.